The number of primary amides is 1. The lowest BCUT2D eigenvalue weighted by molar-refractivity contribution is -0.123. The molecule has 0 radical (unpaired) electrons. The summed E-state index contributed by atoms with van der Waals surface area (Å²) in [7, 11) is 0. The number of pyridine rings is 1. The molecule has 1 aromatic heterocycles. The largest absolute Gasteiger partial charge is 0.368 e. The van der Waals surface area contributed by atoms with Crippen molar-refractivity contribution in [3.8, 4) is 0 Å². The van der Waals surface area contributed by atoms with Gasteiger partial charge in [-0.05, 0) is 37.9 Å². The third-order valence-electron chi connectivity index (χ3n) is 3.85. The first kappa shape index (κ1) is 14.0. The van der Waals surface area contributed by atoms with Crippen molar-refractivity contribution in [2.45, 2.75) is 44.3 Å². The Balaban J connectivity index is 2.30. The Labute approximate surface area is 114 Å². The van der Waals surface area contributed by atoms with Gasteiger partial charge in [0.05, 0.1) is 17.8 Å². The molecule has 4 N–H and O–H groups in total. The normalized spacial score (nSPS) is 23.2. The molecule has 1 aromatic rings. The van der Waals surface area contributed by atoms with Crippen LogP contribution in [0.3, 0.4) is 0 Å². The third kappa shape index (κ3) is 2.93. The number of likely N-dealkylation sites (tertiary alicyclic amines) is 1. The molecular weight excluding hydrogens is 240 g/mol. The summed E-state index contributed by atoms with van der Waals surface area (Å²) in [5, 5.41) is 0. The maximum atomic E-state index is 11.6. The zero-order valence-electron chi connectivity index (χ0n) is 11.3. The first-order valence-electron chi connectivity index (χ1n) is 6.86. The van der Waals surface area contributed by atoms with E-state index in [2.05, 4.69) is 16.8 Å². The minimum atomic E-state index is -0.262. The van der Waals surface area contributed by atoms with E-state index in [4.69, 9.17) is 11.5 Å². The van der Waals surface area contributed by atoms with Crippen LogP contribution >= 0.6 is 0 Å². The SMILES string of the molecule is CCC(N)C(c1ccccn1)N1CCCC1C(N)=O. The van der Waals surface area contributed by atoms with Crippen molar-refractivity contribution in [3.05, 3.63) is 30.1 Å². The number of amides is 1. The first-order valence-corrected chi connectivity index (χ1v) is 6.86. The van der Waals surface area contributed by atoms with Crippen molar-refractivity contribution in [2.75, 3.05) is 6.54 Å². The number of nitrogens with two attached hydrogens (primary N) is 2. The fraction of sp³-hybridized carbons (Fsp3) is 0.571. The number of aromatic nitrogens is 1. The topological polar surface area (TPSA) is 85.2 Å². The van der Waals surface area contributed by atoms with Gasteiger partial charge in [0.15, 0.2) is 0 Å². The molecule has 1 saturated heterocycles. The van der Waals surface area contributed by atoms with Crippen LogP contribution < -0.4 is 11.5 Å². The molecule has 0 spiro atoms. The highest BCUT2D eigenvalue weighted by molar-refractivity contribution is 5.80. The number of hydrogen-bond acceptors (Lipinski definition) is 4. The van der Waals surface area contributed by atoms with Gasteiger partial charge in [-0.3, -0.25) is 14.7 Å². The fourth-order valence-corrected chi connectivity index (χ4v) is 2.84. The molecule has 0 bridgehead atoms. The zero-order valence-corrected chi connectivity index (χ0v) is 11.3. The van der Waals surface area contributed by atoms with E-state index in [1.165, 1.54) is 0 Å². The highest BCUT2D eigenvalue weighted by atomic mass is 16.1. The molecule has 5 heteroatoms. The molecule has 1 aliphatic rings. The van der Waals surface area contributed by atoms with Crippen molar-refractivity contribution >= 4 is 5.91 Å². The van der Waals surface area contributed by atoms with Gasteiger partial charge in [-0.25, -0.2) is 0 Å². The van der Waals surface area contributed by atoms with E-state index in [1.54, 1.807) is 6.20 Å². The lowest BCUT2D eigenvalue weighted by Crippen LogP contribution is -2.48. The molecule has 0 saturated carbocycles. The Kier molecular flexibility index (Phi) is 4.50. The second-order valence-corrected chi connectivity index (χ2v) is 5.07. The Morgan fingerprint density at radius 3 is 2.95 bits per heavy atom. The quantitative estimate of drug-likeness (QED) is 0.822. The van der Waals surface area contributed by atoms with Gasteiger partial charge in [0.2, 0.25) is 5.91 Å². The van der Waals surface area contributed by atoms with E-state index >= 15 is 0 Å². The average molecular weight is 262 g/mol. The second kappa shape index (κ2) is 6.12. The van der Waals surface area contributed by atoms with Gasteiger partial charge < -0.3 is 11.5 Å². The van der Waals surface area contributed by atoms with Crippen LogP contribution in [0.25, 0.3) is 0 Å². The van der Waals surface area contributed by atoms with Crippen molar-refractivity contribution in [1.29, 1.82) is 0 Å². The summed E-state index contributed by atoms with van der Waals surface area (Å²) in [5.74, 6) is -0.262. The van der Waals surface area contributed by atoms with Crippen molar-refractivity contribution in [3.63, 3.8) is 0 Å². The fourth-order valence-electron chi connectivity index (χ4n) is 2.84. The molecule has 5 nitrogen and oxygen atoms in total. The number of nitrogens with zero attached hydrogens (tertiary/aromatic N) is 2. The molecule has 0 aromatic carbocycles. The van der Waals surface area contributed by atoms with Crippen molar-refractivity contribution < 1.29 is 4.79 Å². The Bertz CT molecular complexity index is 423. The third-order valence-corrected chi connectivity index (χ3v) is 3.85. The predicted molar refractivity (Wildman–Crippen MR) is 74.2 cm³/mol. The molecule has 1 amide bonds. The minimum Gasteiger partial charge on any atom is -0.368 e. The van der Waals surface area contributed by atoms with Gasteiger partial charge in [0, 0.05) is 12.2 Å². The number of carbonyl (C=O) groups is 1. The smallest absolute Gasteiger partial charge is 0.234 e. The summed E-state index contributed by atoms with van der Waals surface area (Å²) < 4.78 is 0. The summed E-state index contributed by atoms with van der Waals surface area (Å²) in [5.41, 5.74) is 12.7. The second-order valence-electron chi connectivity index (χ2n) is 5.07. The summed E-state index contributed by atoms with van der Waals surface area (Å²) >= 11 is 0. The van der Waals surface area contributed by atoms with Crippen molar-refractivity contribution in [2.24, 2.45) is 11.5 Å². The molecule has 0 aliphatic carbocycles. The highest BCUT2D eigenvalue weighted by Gasteiger charge is 2.37. The van der Waals surface area contributed by atoms with Crippen LogP contribution in [0.15, 0.2) is 24.4 Å². The van der Waals surface area contributed by atoms with E-state index in [0.717, 1.165) is 31.5 Å². The Hall–Kier alpha value is -1.46. The van der Waals surface area contributed by atoms with E-state index < -0.39 is 0 Å². The monoisotopic (exact) mass is 262 g/mol. The Morgan fingerprint density at radius 2 is 2.37 bits per heavy atom. The molecule has 3 unspecified atom stereocenters. The van der Waals surface area contributed by atoms with Gasteiger partial charge in [-0.15, -0.1) is 0 Å². The van der Waals surface area contributed by atoms with Crippen LogP contribution in [0.5, 0.6) is 0 Å². The minimum absolute atomic E-state index is 0.0359. The molecule has 19 heavy (non-hydrogen) atoms. The van der Waals surface area contributed by atoms with Gasteiger partial charge in [-0.2, -0.15) is 0 Å². The van der Waals surface area contributed by atoms with Crippen LogP contribution in [0.1, 0.15) is 37.9 Å². The number of hydrogen-bond donors (Lipinski definition) is 2. The van der Waals surface area contributed by atoms with Gasteiger partial charge in [-0.1, -0.05) is 13.0 Å². The molecule has 2 rings (SSSR count). The summed E-state index contributed by atoms with van der Waals surface area (Å²) in [6.45, 7) is 2.90. The number of rotatable bonds is 5. The molecule has 2 heterocycles. The van der Waals surface area contributed by atoms with Gasteiger partial charge in [0.1, 0.15) is 0 Å². The van der Waals surface area contributed by atoms with E-state index in [9.17, 15) is 4.79 Å². The summed E-state index contributed by atoms with van der Waals surface area (Å²) in [4.78, 5) is 18.1. The number of carbonyl (C=O) groups excluding carboxylic acids is 1. The summed E-state index contributed by atoms with van der Waals surface area (Å²) in [6, 6.07) is 5.50. The maximum absolute atomic E-state index is 11.6. The molecule has 1 fully saturated rings. The van der Waals surface area contributed by atoms with Crippen LogP contribution in [-0.4, -0.2) is 34.4 Å². The van der Waals surface area contributed by atoms with Crippen molar-refractivity contribution in [1.82, 2.24) is 9.88 Å². The molecule has 1 aliphatic heterocycles. The molecule has 3 atom stereocenters. The van der Waals surface area contributed by atoms with Crippen LogP contribution in [-0.2, 0) is 4.79 Å². The highest BCUT2D eigenvalue weighted by Crippen LogP contribution is 2.31. The predicted octanol–water partition coefficient (Wildman–Crippen LogP) is 0.810. The van der Waals surface area contributed by atoms with E-state index in [-0.39, 0.29) is 24.0 Å². The summed E-state index contributed by atoms with van der Waals surface area (Å²) in [6.07, 6.45) is 4.39. The average Bonchev–Trinajstić information content (AvgIpc) is 2.89. The van der Waals surface area contributed by atoms with Gasteiger partial charge in [0.25, 0.3) is 0 Å². The van der Waals surface area contributed by atoms with E-state index in [1.807, 2.05) is 18.2 Å². The zero-order chi connectivity index (χ0) is 13.8. The van der Waals surface area contributed by atoms with E-state index in [0.29, 0.717) is 0 Å². The lowest BCUT2D eigenvalue weighted by atomic mass is 9.99. The van der Waals surface area contributed by atoms with Gasteiger partial charge >= 0.3 is 0 Å². The Morgan fingerprint density at radius 1 is 1.58 bits per heavy atom. The van der Waals surface area contributed by atoms with Crippen LogP contribution in [0.4, 0.5) is 0 Å². The maximum Gasteiger partial charge on any atom is 0.234 e. The van der Waals surface area contributed by atoms with Crippen LogP contribution in [0.2, 0.25) is 0 Å². The standard InChI is InChI=1S/C14H22N4O/c1-2-10(15)13(11-6-3-4-8-17-11)18-9-5-7-12(18)14(16)19/h3-4,6,8,10,12-13H,2,5,7,9,15H2,1H3,(H2,16,19). The molecule has 104 valence electrons. The van der Waals surface area contributed by atoms with Crippen LogP contribution in [0, 0.1) is 0 Å². The lowest BCUT2D eigenvalue weighted by Gasteiger charge is -2.34. The first-order chi connectivity index (χ1) is 9.15. The molecular formula is C14H22N4O.